The second-order valence-corrected chi connectivity index (χ2v) is 8.88. The molecule has 6 nitrogen and oxygen atoms in total. The number of ether oxygens (including phenoxy) is 1. The van der Waals surface area contributed by atoms with E-state index in [1.165, 1.54) is 0 Å². The second kappa shape index (κ2) is 13.1. The minimum atomic E-state index is -0.977. The molecule has 0 heterocycles. The van der Waals surface area contributed by atoms with Gasteiger partial charge in [0.2, 0.25) is 0 Å². The zero-order valence-electron chi connectivity index (χ0n) is 19.4. The summed E-state index contributed by atoms with van der Waals surface area (Å²) >= 11 is 0. The van der Waals surface area contributed by atoms with Crippen LogP contribution < -0.4 is 0 Å². The highest BCUT2D eigenvalue weighted by Crippen LogP contribution is 2.38. The Hall–Kier alpha value is -2.96. The Kier molecular flexibility index (Phi) is 9.86. The third-order valence-corrected chi connectivity index (χ3v) is 6.43. The molecule has 0 aliphatic heterocycles. The Balaban J connectivity index is 1.65. The molecular weight excluding hydrogens is 432 g/mol. The van der Waals surface area contributed by atoms with Crippen LogP contribution in [0.4, 0.5) is 0 Å². The molecular formula is C28H34O6. The van der Waals surface area contributed by atoms with Gasteiger partial charge in [0, 0.05) is 24.9 Å². The third-order valence-electron chi connectivity index (χ3n) is 6.43. The zero-order valence-corrected chi connectivity index (χ0v) is 19.4. The fourth-order valence-electron chi connectivity index (χ4n) is 4.59. The minimum Gasteiger partial charge on any atom is -0.481 e. The summed E-state index contributed by atoms with van der Waals surface area (Å²) in [6.45, 7) is 0.203. The number of carbonyl (C=O) groups excluding carboxylic acids is 1. The summed E-state index contributed by atoms with van der Waals surface area (Å²) in [5.41, 5.74) is 2.47. The number of carbonyl (C=O) groups is 2. The van der Waals surface area contributed by atoms with Gasteiger partial charge < -0.3 is 20.1 Å². The maximum Gasteiger partial charge on any atom is 0.338 e. The number of hydrogen-bond donors (Lipinski definition) is 3. The molecule has 34 heavy (non-hydrogen) atoms. The van der Waals surface area contributed by atoms with Gasteiger partial charge in [-0.05, 0) is 42.5 Å². The van der Waals surface area contributed by atoms with Crippen LogP contribution in [0.25, 0.3) is 11.1 Å². The van der Waals surface area contributed by atoms with Crippen molar-refractivity contribution < 1.29 is 29.6 Å². The molecule has 0 aromatic heterocycles. The molecule has 182 valence electrons. The standard InChI is InChI=1S/C28H34O6/c29-17-9-4-2-1-3-8-12-23-24(18-27(31)32)25(30)19-26(23)34-28(33)22-15-13-21(14-16-22)20-10-6-5-7-11-20/h5-8,10-16,23-26,29-30H,1-4,9,17-19H2,(H,31,32)/t23-,24-,25+,26+/m1/s1. The lowest BCUT2D eigenvalue weighted by molar-refractivity contribution is -0.139. The zero-order chi connectivity index (χ0) is 24.3. The molecule has 6 heteroatoms. The van der Waals surface area contributed by atoms with Gasteiger partial charge >= 0.3 is 11.9 Å². The lowest BCUT2D eigenvalue weighted by Crippen LogP contribution is -2.26. The van der Waals surface area contributed by atoms with E-state index in [9.17, 15) is 19.8 Å². The summed E-state index contributed by atoms with van der Waals surface area (Å²) in [7, 11) is 0. The molecule has 1 fully saturated rings. The van der Waals surface area contributed by atoms with Gasteiger partial charge in [0.25, 0.3) is 0 Å². The molecule has 3 rings (SSSR count). The number of rotatable bonds is 12. The highest BCUT2D eigenvalue weighted by atomic mass is 16.5. The van der Waals surface area contributed by atoms with Crippen LogP contribution in [0.1, 0.15) is 55.3 Å². The van der Waals surface area contributed by atoms with E-state index in [4.69, 9.17) is 9.84 Å². The number of unbranched alkanes of at least 4 members (excludes halogenated alkanes) is 4. The monoisotopic (exact) mass is 466 g/mol. The lowest BCUT2D eigenvalue weighted by Gasteiger charge is -2.21. The molecule has 4 atom stereocenters. The Morgan fingerprint density at radius 3 is 2.29 bits per heavy atom. The summed E-state index contributed by atoms with van der Waals surface area (Å²) in [6, 6.07) is 17.1. The highest BCUT2D eigenvalue weighted by molar-refractivity contribution is 5.90. The number of aliphatic hydroxyl groups excluding tert-OH is 2. The molecule has 0 unspecified atom stereocenters. The maximum atomic E-state index is 12.8. The largest absolute Gasteiger partial charge is 0.481 e. The SMILES string of the molecule is O=C(O)C[C@@H]1[C@@H](C=CCCCCCCO)[C@@H](OC(=O)c2ccc(-c3ccccc3)cc2)C[C@@H]1O. The molecule has 0 spiro atoms. The fourth-order valence-corrected chi connectivity index (χ4v) is 4.59. The van der Waals surface area contributed by atoms with Crippen molar-refractivity contribution in [2.24, 2.45) is 11.8 Å². The van der Waals surface area contributed by atoms with E-state index in [1.54, 1.807) is 12.1 Å². The van der Waals surface area contributed by atoms with Crippen LogP contribution in [-0.4, -0.2) is 46.1 Å². The molecule has 1 aliphatic rings. The minimum absolute atomic E-state index is 0.174. The van der Waals surface area contributed by atoms with Gasteiger partial charge in [-0.25, -0.2) is 4.79 Å². The van der Waals surface area contributed by atoms with Crippen molar-refractivity contribution in [1.82, 2.24) is 0 Å². The molecule has 0 bridgehead atoms. The van der Waals surface area contributed by atoms with Gasteiger partial charge in [-0.3, -0.25) is 4.79 Å². The van der Waals surface area contributed by atoms with Crippen LogP contribution in [0.5, 0.6) is 0 Å². The van der Waals surface area contributed by atoms with E-state index in [-0.39, 0.29) is 25.4 Å². The summed E-state index contributed by atoms with van der Waals surface area (Å²) in [5, 5.41) is 28.7. The maximum absolute atomic E-state index is 12.8. The van der Waals surface area contributed by atoms with Crippen molar-refractivity contribution in [3.05, 3.63) is 72.3 Å². The van der Waals surface area contributed by atoms with Crippen molar-refractivity contribution in [2.75, 3.05) is 6.61 Å². The van der Waals surface area contributed by atoms with Crippen molar-refractivity contribution >= 4 is 11.9 Å². The first-order chi connectivity index (χ1) is 16.5. The van der Waals surface area contributed by atoms with Gasteiger partial charge in [-0.15, -0.1) is 0 Å². The molecule has 2 aromatic rings. The number of benzene rings is 2. The Morgan fingerprint density at radius 1 is 0.941 bits per heavy atom. The topological polar surface area (TPSA) is 104 Å². The quantitative estimate of drug-likeness (QED) is 0.235. The van der Waals surface area contributed by atoms with Gasteiger partial charge in [0.15, 0.2) is 0 Å². The van der Waals surface area contributed by atoms with Crippen molar-refractivity contribution in [2.45, 2.75) is 57.2 Å². The van der Waals surface area contributed by atoms with Crippen molar-refractivity contribution in [3.63, 3.8) is 0 Å². The lowest BCUT2D eigenvalue weighted by atomic mass is 9.90. The van der Waals surface area contributed by atoms with Gasteiger partial charge in [0.1, 0.15) is 6.10 Å². The van der Waals surface area contributed by atoms with E-state index in [0.29, 0.717) is 5.56 Å². The Labute approximate surface area is 200 Å². The first-order valence-electron chi connectivity index (χ1n) is 12.0. The first kappa shape index (κ1) is 25.7. The van der Waals surface area contributed by atoms with Gasteiger partial charge in [-0.2, -0.15) is 0 Å². The van der Waals surface area contributed by atoms with E-state index in [1.807, 2.05) is 54.6 Å². The number of carboxylic acids is 1. The molecule has 0 amide bonds. The van der Waals surface area contributed by atoms with Crippen LogP contribution in [0, 0.1) is 11.8 Å². The van der Waals surface area contributed by atoms with E-state index < -0.39 is 30.1 Å². The number of esters is 1. The Morgan fingerprint density at radius 2 is 1.62 bits per heavy atom. The number of hydrogen-bond acceptors (Lipinski definition) is 5. The normalized spacial score (nSPS) is 22.2. The average molecular weight is 467 g/mol. The van der Waals surface area contributed by atoms with Crippen LogP contribution in [0.15, 0.2) is 66.7 Å². The molecule has 3 N–H and O–H groups in total. The average Bonchev–Trinajstić information content (AvgIpc) is 3.12. The molecule has 1 saturated carbocycles. The van der Waals surface area contributed by atoms with Crippen LogP contribution in [0.2, 0.25) is 0 Å². The highest BCUT2D eigenvalue weighted by Gasteiger charge is 2.44. The number of allylic oxidation sites excluding steroid dienone is 1. The predicted octanol–water partition coefficient (Wildman–Crippen LogP) is 4.85. The Bertz CT molecular complexity index is 937. The van der Waals surface area contributed by atoms with Crippen LogP contribution >= 0.6 is 0 Å². The first-order valence-corrected chi connectivity index (χ1v) is 12.0. The van der Waals surface area contributed by atoms with Crippen molar-refractivity contribution in [3.8, 4) is 11.1 Å². The fraction of sp³-hybridized carbons (Fsp3) is 0.429. The molecule has 0 radical (unpaired) electrons. The molecule has 2 aromatic carbocycles. The number of aliphatic hydroxyl groups is 2. The third kappa shape index (κ3) is 7.27. The van der Waals surface area contributed by atoms with E-state index >= 15 is 0 Å². The summed E-state index contributed by atoms with van der Waals surface area (Å²) in [5.74, 6) is -2.30. The molecule has 1 aliphatic carbocycles. The predicted molar refractivity (Wildman–Crippen MR) is 130 cm³/mol. The summed E-state index contributed by atoms with van der Waals surface area (Å²) in [4.78, 5) is 24.2. The smallest absolute Gasteiger partial charge is 0.338 e. The van der Waals surface area contributed by atoms with E-state index in [0.717, 1.165) is 43.2 Å². The molecule has 0 saturated heterocycles. The number of aliphatic carboxylic acids is 1. The summed E-state index contributed by atoms with van der Waals surface area (Å²) in [6.07, 6.45) is 7.09. The van der Waals surface area contributed by atoms with E-state index in [2.05, 4.69) is 0 Å². The number of carboxylic acid groups (broad SMARTS) is 1. The van der Waals surface area contributed by atoms with Gasteiger partial charge in [0.05, 0.1) is 18.1 Å². The van der Waals surface area contributed by atoms with Crippen LogP contribution in [0.3, 0.4) is 0 Å². The summed E-state index contributed by atoms with van der Waals surface area (Å²) < 4.78 is 5.78. The van der Waals surface area contributed by atoms with Crippen molar-refractivity contribution in [1.29, 1.82) is 0 Å². The van der Waals surface area contributed by atoms with Gasteiger partial charge in [-0.1, -0.05) is 67.5 Å². The second-order valence-electron chi connectivity index (χ2n) is 8.88. The van der Waals surface area contributed by atoms with Crippen LogP contribution in [-0.2, 0) is 9.53 Å².